The molecule has 202 valence electrons. The van der Waals surface area contributed by atoms with Crippen molar-refractivity contribution >= 4 is 11.5 Å². The average Bonchev–Trinajstić information content (AvgIpc) is 3.70. The lowest BCUT2D eigenvalue weighted by Gasteiger charge is -2.23. The minimum Gasteiger partial charge on any atom is -0.409 e. The fraction of sp³-hybridized carbons (Fsp3) is 0.407. The van der Waals surface area contributed by atoms with Crippen molar-refractivity contribution in [3.8, 4) is 17.0 Å². The summed E-state index contributed by atoms with van der Waals surface area (Å²) in [4.78, 5) is 2.27. The van der Waals surface area contributed by atoms with Gasteiger partial charge < -0.3 is 29.8 Å². The van der Waals surface area contributed by atoms with E-state index in [0.29, 0.717) is 22.6 Å². The number of halogens is 3. The molecular formula is C27H29F3N4O4. The Morgan fingerprint density at radius 1 is 1.08 bits per heavy atom. The Kier molecular flexibility index (Phi) is 7.46. The van der Waals surface area contributed by atoms with Gasteiger partial charge in [0, 0.05) is 41.4 Å². The molecule has 11 heteroatoms. The van der Waals surface area contributed by atoms with Gasteiger partial charge in [0.2, 0.25) is 0 Å². The van der Waals surface area contributed by atoms with Gasteiger partial charge in [-0.25, -0.2) is 0 Å². The highest BCUT2D eigenvalue weighted by Gasteiger charge is 2.36. The number of para-hydroxylation sites is 1. The van der Waals surface area contributed by atoms with Gasteiger partial charge in [-0.15, -0.1) is 13.2 Å². The standard InChI is InChI=1S/C27H29F3N4O4/c28-27(29,30)37-23-6-2-1-5-21(23)24-22(25(38-33-24)17-7-8-17)16-36-20-4-3-14-34(15-13-20)19-11-9-18(10-12-19)26(31)32-35/h1-2,5-6,9-12,17,20,35H,3-4,7-8,13-16H2,(H2,31,32). The van der Waals surface area contributed by atoms with Gasteiger partial charge in [-0.1, -0.05) is 22.4 Å². The second kappa shape index (κ2) is 10.9. The molecule has 0 radical (unpaired) electrons. The van der Waals surface area contributed by atoms with Gasteiger partial charge in [0.25, 0.3) is 0 Å². The van der Waals surface area contributed by atoms with Gasteiger partial charge in [0.05, 0.1) is 12.7 Å². The fourth-order valence-electron chi connectivity index (χ4n) is 4.81. The number of hydrogen-bond donors (Lipinski definition) is 2. The van der Waals surface area contributed by atoms with E-state index in [9.17, 15) is 13.2 Å². The Balaban J connectivity index is 1.28. The summed E-state index contributed by atoms with van der Waals surface area (Å²) in [6.45, 7) is 1.84. The number of benzene rings is 2. The van der Waals surface area contributed by atoms with Crippen molar-refractivity contribution in [2.24, 2.45) is 10.9 Å². The summed E-state index contributed by atoms with van der Waals surface area (Å²) < 4.78 is 55.3. The van der Waals surface area contributed by atoms with E-state index in [0.717, 1.165) is 50.9 Å². The third-order valence-corrected chi connectivity index (χ3v) is 6.91. The molecule has 1 atom stereocenters. The van der Waals surface area contributed by atoms with E-state index in [1.807, 2.05) is 24.3 Å². The molecule has 1 aromatic heterocycles. The van der Waals surface area contributed by atoms with Crippen molar-refractivity contribution in [1.82, 2.24) is 5.16 Å². The van der Waals surface area contributed by atoms with Gasteiger partial charge in [-0.2, -0.15) is 0 Å². The van der Waals surface area contributed by atoms with E-state index in [2.05, 4.69) is 19.9 Å². The summed E-state index contributed by atoms with van der Waals surface area (Å²) >= 11 is 0. The molecule has 1 saturated heterocycles. The van der Waals surface area contributed by atoms with Crippen LogP contribution in [-0.2, 0) is 11.3 Å². The maximum atomic E-state index is 13.0. The van der Waals surface area contributed by atoms with E-state index in [1.54, 1.807) is 12.1 Å². The molecule has 5 rings (SSSR count). The normalized spacial score (nSPS) is 18.9. The van der Waals surface area contributed by atoms with Gasteiger partial charge >= 0.3 is 6.36 Å². The Labute approximate surface area is 217 Å². The number of rotatable bonds is 8. The Morgan fingerprint density at radius 3 is 2.55 bits per heavy atom. The van der Waals surface area contributed by atoms with Crippen LogP contribution in [0.5, 0.6) is 5.75 Å². The number of anilines is 1. The highest BCUT2D eigenvalue weighted by Crippen LogP contribution is 2.45. The van der Waals surface area contributed by atoms with Crippen molar-refractivity contribution < 1.29 is 32.4 Å². The molecule has 2 aromatic carbocycles. The quantitative estimate of drug-likeness (QED) is 0.164. The van der Waals surface area contributed by atoms with Crippen LogP contribution < -0.4 is 15.4 Å². The van der Waals surface area contributed by atoms with Crippen LogP contribution >= 0.6 is 0 Å². The predicted molar refractivity (Wildman–Crippen MR) is 134 cm³/mol. The molecule has 0 amide bonds. The van der Waals surface area contributed by atoms with E-state index in [1.165, 1.54) is 12.1 Å². The number of ether oxygens (including phenoxy) is 2. The molecule has 1 aliphatic heterocycles. The van der Waals surface area contributed by atoms with Gasteiger partial charge in [0.15, 0.2) is 5.84 Å². The molecule has 1 aliphatic carbocycles. The first kappa shape index (κ1) is 25.9. The van der Waals surface area contributed by atoms with Crippen LogP contribution in [0.15, 0.2) is 58.2 Å². The maximum Gasteiger partial charge on any atom is 0.573 e. The van der Waals surface area contributed by atoms with Crippen LogP contribution in [0.25, 0.3) is 11.3 Å². The topological polar surface area (TPSA) is 106 Å². The summed E-state index contributed by atoms with van der Waals surface area (Å²) in [5.74, 6) is 0.637. The van der Waals surface area contributed by atoms with Crippen LogP contribution in [0.1, 0.15) is 54.9 Å². The first-order valence-electron chi connectivity index (χ1n) is 12.6. The summed E-state index contributed by atoms with van der Waals surface area (Å²) in [7, 11) is 0. The zero-order valence-electron chi connectivity index (χ0n) is 20.7. The number of nitrogens with zero attached hydrogens (tertiary/aromatic N) is 3. The highest BCUT2D eigenvalue weighted by molar-refractivity contribution is 5.97. The summed E-state index contributed by atoms with van der Waals surface area (Å²) in [6, 6.07) is 13.5. The number of hydrogen-bond acceptors (Lipinski definition) is 7. The number of amidine groups is 1. The van der Waals surface area contributed by atoms with Gasteiger partial charge in [-0.3, -0.25) is 0 Å². The van der Waals surface area contributed by atoms with Crippen molar-refractivity contribution in [3.63, 3.8) is 0 Å². The average molecular weight is 531 g/mol. The predicted octanol–water partition coefficient (Wildman–Crippen LogP) is 5.79. The third kappa shape index (κ3) is 6.04. The maximum absolute atomic E-state index is 13.0. The Morgan fingerprint density at radius 2 is 1.84 bits per heavy atom. The van der Waals surface area contributed by atoms with Crippen molar-refractivity contribution in [2.45, 2.75) is 57.1 Å². The largest absolute Gasteiger partial charge is 0.573 e. The lowest BCUT2D eigenvalue weighted by atomic mass is 10.0. The zero-order valence-corrected chi connectivity index (χ0v) is 20.7. The monoisotopic (exact) mass is 530 g/mol. The van der Waals surface area contributed by atoms with E-state index >= 15 is 0 Å². The summed E-state index contributed by atoms with van der Waals surface area (Å²) in [5.41, 5.74) is 8.58. The number of nitrogens with two attached hydrogens (primary N) is 1. The second-order valence-electron chi connectivity index (χ2n) is 9.58. The van der Waals surface area contributed by atoms with E-state index in [-0.39, 0.29) is 35.8 Å². The smallest absolute Gasteiger partial charge is 0.409 e. The van der Waals surface area contributed by atoms with E-state index < -0.39 is 6.36 Å². The third-order valence-electron chi connectivity index (χ3n) is 6.91. The molecule has 3 aromatic rings. The number of oxime groups is 1. The highest BCUT2D eigenvalue weighted by atomic mass is 19.4. The molecule has 3 N–H and O–H groups in total. The lowest BCUT2D eigenvalue weighted by Crippen LogP contribution is -2.25. The molecule has 0 spiro atoms. The Bertz CT molecular complexity index is 1270. The molecular weight excluding hydrogens is 501 g/mol. The molecule has 1 saturated carbocycles. The Hall–Kier alpha value is -3.73. The minimum atomic E-state index is -4.82. The van der Waals surface area contributed by atoms with Crippen LogP contribution in [0.4, 0.5) is 18.9 Å². The molecule has 38 heavy (non-hydrogen) atoms. The summed E-state index contributed by atoms with van der Waals surface area (Å²) in [6.07, 6.45) is -0.374. The van der Waals surface area contributed by atoms with Gasteiger partial charge in [-0.05, 0) is 68.5 Å². The molecule has 1 unspecified atom stereocenters. The second-order valence-corrected chi connectivity index (χ2v) is 9.58. The van der Waals surface area contributed by atoms with Crippen LogP contribution in [0.3, 0.4) is 0 Å². The molecule has 8 nitrogen and oxygen atoms in total. The molecule has 2 fully saturated rings. The van der Waals surface area contributed by atoms with Crippen LogP contribution in [0.2, 0.25) is 0 Å². The van der Waals surface area contributed by atoms with E-state index in [4.69, 9.17) is 20.2 Å². The van der Waals surface area contributed by atoms with Crippen molar-refractivity contribution in [3.05, 3.63) is 65.4 Å². The van der Waals surface area contributed by atoms with Gasteiger partial charge in [0.1, 0.15) is 17.2 Å². The minimum absolute atomic E-state index is 0.0205. The van der Waals surface area contributed by atoms with Crippen molar-refractivity contribution in [1.29, 1.82) is 0 Å². The number of alkyl halides is 3. The molecule has 2 aliphatic rings. The molecule has 2 heterocycles. The van der Waals surface area contributed by atoms with Crippen LogP contribution in [0, 0.1) is 0 Å². The lowest BCUT2D eigenvalue weighted by molar-refractivity contribution is -0.274. The first-order valence-corrected chi connectivity index (χ1v) is 12.6. The van der Waals surface area contributed by atoms with Crippen molar-refractivity contribution in [2.75, 3.05) is 18.0 Å². The van der Waals surface area contributed by atoms with Crippen LogP contribution in [-0.4, -0.2) is 41.8 Å². The fourth-order valence-corrected chi connectivity index (χ4v) is 4.81. The first-order chi connectivity index (χ1) is 18.3. The molecule has 0 bridgehead atoms. The zero-order chi connectivity index (χ0) is 26.7. The SMILES string of the molecule is N/C(=N\O)c1ccc(N2CCCC(OCc3c(-c4ccccc4OC(F)(F)F)noc3C3CC3)CC2)cc1. The number of aromatic nitrogens is 1. The summed E-state index contributed by atoms with van der Waals surface area (Å²) in [5, 5.41) is 16.0.